The highest BCUT2D eigenvalue weighted by atomic mass is 16.4. The van der Waals surface area contributed by atoms with Gasteiger partial charge in [-0.25, -0.2) is 14.6 Å². The summed E-state index contributed by atoms with van der Waals surface area (Å²) in [5, 5.41) is 17.5. The Balaban J connectivity index is 0.000000396. The second-order valence-electron chi connectivity index (χ2n) is 3.87. The van der Waals surface area contributed by atoms with Crippen molar-refractivity contribution >= 4 is 11.9 Å². The van der Waals surface area contributed by atoms with Crippen molar-refractivity contribution in [3.8, 4) is 0 Å². The molecule has 0 fully saturated rings. The number of rotatable bonds is 6. The third-order valence-corrected chi connectivity index (χ3v) is 2.31. The number of hydrogen-bond acceptors (Lipinski definition) is 4. The lowest BCUT2D eigenvalue weighted by atomic mass is 10.1. The summed E-state index contributed by atoms with van der Waals surface area (Å²) in [6.07, 6.45) is 2.15. The zero-order valence-electron chi connectivity index (χ0n) is 11.4. The van der Waals surface area contributed by atoms with E-state index in [0.29, 0.717) is 12.2 Å². The Bertz CT molecular complexity index is 416. The van der Waals surface area contributed by atoms with E-state index >= 15 is 0 Å². The molecule has 20 heavy (non-hydrogen) atoms. The molecule has 0 radical (unpaired) electrons. The van der Waals surface area contributed by atoms with Gasteiger partial charge in [0, 0.05) is 25.2 Å². The molecule has 1 aromatic rings. The fourth-order valence-electron chi connectivity index (χ4n) is 1.22. The summed E-state index contributed by atoms with van der Waals surface area (Å²) in [7, 11) is 0. The predicted octanol–water partition coefficient (Wildman–Crippen LogP) is 1.14. The van der Waals surface area contributed by atoms with E-state index in [9.17, 15) is 9.59 Å². The van der Waals surface area contributed by atoms with Crippen LogP contribution in [0.3, 0.4) is 0 Å². The Kier molecular flexibility index (Phi) is 9.55. The molecular weight excluding hydrogens is 260 g/mol. The molecule has 0 amide bonds. The minimum Gasteiger partial charge on any atom is -0.478 e. The first-order valence-corrected chi connectivity index (χ1v) is 6.13. The number of benzene rings is 1. The topological polar surface area (TPSA) is 104 Å². The van der Waals surface area contributed by atoms with Crippen LogP contribution in [0.25, 0.3) is 0 Å². The van der Waals surface area contributed by atoms with Gasteiger partial charge in [0.2, 0.25) is 0 Å². The van der Waals surface area contributed by atoms with E-state index in [1.807, 2.05) is 11.1 Å². The van der Waals surface area contributed by atoms with Crippen molar-refractivity contribution in [2.45, 2.75) is 13.3 Å². The van der Waals surface area contributed by atoms with E-state index in [4.69, 9.17) is 16.1 Å². The maximum atomic E-state index is 9.55. The monoisotopic (exact) mass is 280 g/mol. The molecule has 0 unspecified atom stereocenters. The third kappa shape index (κ3) is 10.9. The van der Waals surface area contributed by atoms with Crippen molar-refractivity contribution in [2.75, 3.05) is 13.1 Å². The molecule has 0 aliphatic carbocycles. The second-order valence-corrected chi connectivity index (χ2v) is 3.87. The fraction of sp³-hybridized carbons (Fsp3) is 0.286. The van der Waals surface area contributed by atoms with Gasteiger partial charge >= 0.3 is 11.9 Å². The number of aliphatic carboxylic acids is 2. The molecule has 0 aliphatic heterocycles. The minimum atomic E-state index is -1.26. The van der Waals surface area contributed by atoms with E-state index in [-0.39, 0.29) is 0 Å². The minimum absolute atomic E-state index is 0.558. The number of carboxylic acid groups (broad SMARTS) is 2. The quantitative estimate of drug-likeness (QED) is 0.410. The maximum Gasteiger partial charge on any atom is 0.328 e. The lowest BCUT2D eigenvalue weighted by Gasteiger charge is -2.12. The van der Waals surface area contributed by atoms with Crippen LogP contribution in [-0.2, 0) is 16.0 Å². The molecule has 0 heterocycles. The zero-order valence-corrected chi connectivity index (χ0v) is 11.4. The molecule has 0 aliphatic rings. The summed E-state index contributed by atoms with van der Waals surface area (Å²) < 4.78 is 0. The average molecular weight is 280 g/mol. The van der Waals surface area contributed by atoms with E-state index < -0.39 is 11.9 Å². The lowest BCUT2D eigenvalue weighted by Crippen LogP contribution is -2.32. The van der Waals surface area contributed by atoms with Crippen LogP contribution in [0.1, 0.15) is 12.5 Å². The van der Waals surface area contributed by atoms with E-state index in [1.54, 1.807) is 0 Å². The van der Waals surface area contributed by atoms with Crippen LogP contribution < -0.4 is 5.84 Å². The highest BCUT2D eigenvalue weighted by Crippen LogP contribution is 1.99. The number of carbonyl (C=O) groups is 2. The molecule has 0 spiro atoms. The van der Waals surface area contributed by atoms with Gasteiger partial charge in [0.1, 0.15) is 0 Å². The number of nitrogens with two attached hydrogens (primary N) is 1. The van der Waals surface area contributed by atoms with Crippen LogP contribution in [-0.4, -0.2) is 40.3 Å². The number of hydrazine groups is 1. The van der Waals surface area contributed by atoms with Gasteiger partial charge in [0.15, 0.2) is 0 Å². The summed E-state index contributed by atoms with van der Waals surface area (Å²) in [6, 6.07) is 10.4. The van der Waals surface area contributed by atoms with Crippen molar-refractivity contribution in [3.05, 3.63) is 48.0 Å². The number of hydrogen-bond donors (Lipinski definition) is 3. The van der Waals surface area contributed by atoms with Crippen LogP contribution in [0.15, 0.2) is 42.5 Å². The van der Waals surface area contributed by atoms with Gasteiger partial charge in [-0.05, 0) is 12.0 Å². The van der Waals surface area contributed by atoms with Gasteiger partial charge in [-0.3, -0.25) is 5.84 Å². The number of nitrogens with zero attached hydrogens (tertiary/aromatic N) is 1. The van der Waals surface area contributed by atoms with E-state index in [0.717, 1.165) is 19.5 Å². The molecule has 110 valence electrons. The first kappa shape index (κ1) is 17.8. The lowest BCUT2D eigenvalue weighted by molar-refractivity contribution is -0.134. The van der Waals surface area contributed by atoms with Crippen molar-refractivity contribution in [1.29, 1.82) is 0 Å². The Morgan fingerprint density at radius 1 is 1.15 bits per heavy atom. The van der Waals surface area contributed by atoms with Crippen LogP contribution in [0.4, 0.5) is 0 Å². The molecular formula is C14H20N2O4. The van der Waals surface area contributed by atoms with Gasteiger partial charge in [0.05, 0.1) is 0 Å². The van der Waals surface area contributed by atoms with Gasteiger partial charge in [-0.1, -0.05) is 37.3 Å². The first-order chi connectivity index (χ1) is 9.45. The molecule has 1 aromatic carbocycles. The molecule has 0 bridgehead atoms. The molecule has 6 nitrogen and oxygen atoms in total. The normalized spacial score (nSPS) is 10.2. The Labute approximate surface area is 118 Å². The van der Waals surface area contributed by atoms with Crippen molar-refractivity contribution in [1.82, 2.24) is 5.01 Å². The van der Waals surface area contributed by atoms with Crippen molar-refractivity contribution in [2.24, 2.45) is 5.84 Å². The molecule has 0 atom stereocenters. The second kappa shape index (κ2) is 10.7. The fourth-order valence-corrected chi connectivity index (χ4v) is 1.22. The highest BCUT2D eigenvalue weighted by Gasteiger charge is 1.95. The van der Waals surface area contributed by atoms with Crippen LogP contribution >= 0.6 is 0 Å². The summed E-state index contributed by atoms with van der Waals surface area (Å²) in [4.78, 5) is 19.1. The molecule has 4 N–H and O–H groups in total. The van der Waals surface area contributed by atoms with Crippen LogP contribution in [0.5, 0.6) is 0 Å². The molecule has 0 saturated heterocycles. The van der Waals surface area contributed by atoms with Gasteiger partial charge in [-0.15, -0.1) is 0 Å². The summed E-state index contributed by atoms with van der Waals surface area (Å²) in [6.45, 7) is 3.90. The number of likely N-dealkylation sites (N-methyl/N-ethyl adjacent to an activating group) is 1. The standard InChI is InChI=1S/C10H16N2.C4H4O4/c1-2-12(11)9-8-10-6-4-3-5-7-10;5-3(6)1-2-4(7)8/h3-7H,2,8-9,11H2,1H3;1-2H,(H,5,6)(H,7,8)/b;2-1-. The van der Waals surface area contributed by atoms with Crippen molar-refractivity contribution in [3.63, 3.8) is 0 Å². The van der Waals surface area contributed by atoms with Gasteiger partial charge in [0.25, 0.3) is 0 Å². The summed E-state index contributed by atoms with van der Waals surface area (Å²) >= 11 is 0. The third-order valence-electron chi connectivity index (χ3n) is 2.31. The van der Waals surface area contributed by atoms with Crippen LogP contribution in [0, 0.1) is 0 Å². The average Bonchev–Trinajstić information content (AvgIpc) is 2.44. The van der Waals surface area contributed by atoms with E-state index in [1.165, 1.54) is 5.56 Å². The largest absolute Gasteiger partial charge is 0.478 e. The first-order valence-electron chi connectivity index (χ1n) is 6.13. The number of carboxylic acids is 2. The Morgan fingerprint density at radius 3 is 2.05 bits per heavy atom. The van der Waals surface area contributed by atoms with Crippen LogP contribution in [0.2, 0.25) is 0 Å². The summed E-state index contributed by atoms with van der Waals surface area (Å²) in [5.74, 6) is 3.14. The van der Waals surface area contributed by atoms with Gasteiger partial charge in [-0.2, -0.15) is 0 Å². The maximum absolute atomic E-state index is 9.55. The zero-order chi connectivity index (χ0) is 15.4. The molecule has 6 heteroatoms. The molecule has 1 rings (SSSR count). The Morgan fingerprint density at radius 2 is 1.65 bits per heavy atom. The summed E-state index contributed by atoms with van der Waals surface area (Å²) in [5.41, 5.74) is 1.35. The van der Waals surface area contributed by atoms with Gasteiger partial charge < -0.3 is 10.2 Å². The predicted molar refractivity (Wildman–Crippen MR) is 76.0 cm³/mol. The highest BCUT2D eigenvalue weighted by molar-refractivity contribution is 5.89. The molecule has 0 saturated carbocycles. The smallest absolute Gasteiger partial charge is 0.328 e. The molecule has 0 aromatic heterocycles. The van der Waals surface area contributed by atoms with Crippen molar-refractivity contribution < 1.29 is 19.8 Å². The Hall–Kier alpha value is -2.18. The van der Waals surface area contributed by atoms with E-state index in [2.05, 4.69) is 31.2 Å². The SMILES string of the molecule is CCN(N)CCc1ccccc1.O=C(O)/C=C\C(=O)O.